The van der Waals surface area contributed by atoms with E-state index in [0.29, 0.717) is 5.92 Å². The van der Waals surface area contributed by atoms with Gasteiger partial charge in [-0.25, -0.2) is 17.5 Å². The fourth-order valence-corrected chi connectivity index (χ4v) is 4.13. The smallest absolute Gasteiger partial charge is 0.241 e. The maximum Gasteiger partial charge on any atom is 0.241 e. The van der Waals surface area contributed by atoms with Gasteiger partial charge in [-0.3, -0.25) is 0 Å². The molecule has 7 heteroatoms. The third-order valence-electron chi connectivity index (χ3n) is 3.40. The molecule has 0 saturated heterocycles. The highest BCUT2D eigenvalue weighted by Gasteiger charge is 2.40. The SMILES string of the molecule is CCCC1CC1NS(=O)(=O)c1cccc(F)c1C(N)=S. The van der Waals surface area contributed by atoms with Gasteiger partial charge in [-0.15, -0.1) is 0 Å². The summed E-state index contributed by atoms with van der Waals surface area (Å²) in [5.74, 6) is -0.349. The number of rotatable bonds is 6. The standard InChI is InChI=1S/C13H17FN2O2S2/c1-2-4-8-7-10(8)16-20(17,18)11-6-3-5-9(14)12(11)13(15)19/h3,5-6,8,10,16H,2,4,7H2,1H3,(H2,15,19). The van der Waals surface area contributed by atoms with Gasteiger partial charge in [-0.1, -0.05) is 31.6 Å². The molecule has 1 aliphatic carbocycles. The Labute approximate surface area is 123 Å². The van der Waals surface area contributed by atoms with Crippen LogP contribution in [0.4, 0.5) is 4.39 Å². The molecule has 0 bridgehead atoms. The van der Waals surface area contributed by atoms with Crippen LogP contribution < -0.4 is 10.5 Å². The summed E-state index contributed by atoms with van der Waals surface area (Å²) >= 11 is 4.75. The van der Waals surface area contributed by atoms with Gasteiger partial charge in [0, 0.05) is 6.04 Å². The molecule has 1 aromatic carbocycles. The lowest BCUT2D eigenvalue weighted by Crippen LogP contribution is -2.29. The number of hydrogen-bond donors (Lipinski definition) is 2. The van der Waals surface area contributed by atoms with Crippen molar-refractivity contribution in [1.29, 1.82) is 0 Å². The van der Waals surface area contributed by atoms with E-state index in [2.05, 4.69) is 11.6 Å². The van der Waals surface area contributed by atoms with Crippen LogP contribution in [0.15, 0.2) is 23.1 Å². The highest BCUT2D eigenvalue weighted by Crippen LogP contribution is 2.36. The molecule has 1 aromatic rings. The predicted octanol–water partition coefficient (Wildman–Crippen LogP) is 1.93. The molecule has 0 aromatic heterocycles. The van der Waals surface area contributed by atoms with E-state index in [1.807, 2.05) is 0 Å². The number of sulfonamides is 1. The highest BCUT2D eigenvalue weighted by molar-refractivity contribution is 7.89. The normalized spacial score (nSPS) is 21.7. The van der Waals surface area contributed by atoms with E-state index in [9.17, 15) is 12.8 Å². The average Bonchev–Trinajstić information content (AvgIpc) is 3.06. The Kier molecular flexibility index (Phi) is 4.41. The van der Waals surface area contributed by atoms with Gasteiger partial charge in [0.25, 0.3) is 0 Å². The summed E-state index contributed by atoms with van der Waals surface area (Å²) in [6.07, 6.45) is 2.82. The first-order chi connectivity index (χ1) is 9.36. The van der Waals surface area contributed by atoms with Gasteiger partial charge in [0.1, 0.15) is 10.8 Å². The summed E-state index contributed by atoms with van der Waals surface area (Å²) in [6, 6.07) is 3.73. The van der Waals surface area contributed by atoms with Crippen LogP contribution in [0, 0.1) is 11.7 Å². The number of nitrogens with two attached hydrogens (primary N) is 1. The third-order valence-corrected chi connectivity index (χ3v) is 5.14. The average molecular weight is 316 g/mol. The van der Waals surface area contributed by atoms with Gasteiger partial charge in [0.15, 0.2) is 0 Å². The first kappa shape index (κ1) is 15.3. The number of thiocarbonyl (C=S) groups is 1. The molecule has 1 saturated carbocycles. The van der Waals surface area contributed by atoms with E-state index in [4.69, 9.17) is 18.0 Å². The van der Waals surface area contributed by atoms with Gasteiger partial charge in [0.05, 0.1) is 10.5 Å². The van der Waals surface area contributed by atoms with Crippen LogP contribution in [0.3, 0.4) is 0 Å². The molecule has 1 fully saturated rings. The van der Waals surface area contributed by atoms with Crippen molar-refractivity contribution in [3.8, 4) is 0 Å². The largest absolute Gasteiger partial charge is 0.389 e. The summed E-state index contributed by atoms with van der Waals surface area (Å²) in [5.41, 5.74) is 5.21. The molecular weight excluding hydrogens is 299 g/mol. The van der Waals surface area contributed by atoms with Gasteiger partial charge in [-0.2, -0.15) is 0 Å². The lowest BCUT2D eigenvalue weighted by molar-refractivity contribution is 0.569. The van der Waals surface area contributed by atoms with E-state index in [1.165, 1.54) is 12.1 Å². The Hall–Kier alpha value is -1.05. The van der Waals surface area contributed by atoms with Crippen molar-refractivity contribution in [2.24, 2.45) is 11.7 Å². The Morgan fingerprint density at radius 1 is 1.55 bits per heavy atom. The van der Waals surface area contributed by atoms with Gasteiger partial charge < -0.3 is 5.73 Å². The zero-order valence-corrected chi connectivity index (χ0v) is 12.7. The van der Waals surface area contributed by atoms with Crippen molar-refractivity contribution in [3.05, 3.63) is 29.6 Å². The maximum atomic E-state index is 13.7. The maximum absolute atomic E-state index is 13.7. The number of nitrogens with one attached hydrogen (secondary N) is 1. The van der Waals surface area contributed by atoms with Crippen LogP contribution in [0.25, 0.3) is 0 Å². The van der Waals surface area contributed by atoms with E-state index in [1.54, 1.807) is 0 Å². The molecule has 0 amide bonds. The summed E-state index contributed by atoms with van der Waals surface area (Å²) in [6.45, 7) is 2.06. The second kappa shape index (κ2) is 5.75. The summed E-state index contributed by atoms with van der Waals surface area (Å²) < 4.78 is 41.0. The Morgan fingerprint density at radius 3 is 2.85 bits per heavy atom. The summed E-state index contributed by atoms with van der Waals surface area (Å²) in [7, 11) is -3.80. The Balaban J connectivity index is 2.27. The van der Waals surface area contributed by atoms with Crippen LogP contribution >= 0.6 is 12.2 Å². The molecule has 0 aliphatic heterocycles. The van der Waals surface area contributed by atoms with Gasteiger partial charge >= 0.3 is 0 Å². The van der Waals surface area contributed by atoms with E-state index in [0.717, 1.165) is 25.3 Å². The molecule has 0 spiro atoms. The minimum atomic E-state index is -3.80. The molecule has 0 radical (unpaired) electrons. The lowest BCUT2D eigenvalue weighted by atomic mass is 10.2. The second-order valence-corrected chi connectivity index (χ2v) is 7.11. The fourth-order valence-electron chi connectivity index (χ4n) is 2.31. The number of halogens is 1. The molecule has 0 heterocycles. The molecule has 4 nitrogen and oxygen atoms in total. The Morgan fingerprint density at radius 2 is 2.25 bits per heavy atom. The predicted molar refractivity (Wildman–Crippen MR) is 79.4 cm³/mol. The molecule has 110 valence electrons. The van der Waals surface area contributed by atoms with Crippen LogP contribution in [0.5, 0.6) is 0 Å². The van der Waals surface area contributed by atoms with Crippen LogP contribution in [-0.4, -0.2) is 19.4 Å². The van der Waals surface area contributed by atoms with Crippen molar-refractivity contribution in [1.82, 2.24) is 4.72 Å². The molecule has 2 unspecified atom stereocenters. The lowest BCUT2D eigenvalue weighted by Gasteiger charge is -2.11. The first-order valence-corrected chi connectivity index (χ1v) is 8.36. The first-order valence-electron chi connectivity index (χ1n) is 6.47. The van der Waals surface area contributed by atoms with Gasteiger partial charge in [0.2, 0.25) is 10.0 Å². The molecule has 20 heavy (non-hydrogen) atoms. The molecule has 3 N–H and O–H groups in total. The van der Waals surface area contributed by atoms with Crippen molar-refractivity contribution >= 4 is 27.2 Å². The minimum Gasteiger partial charge on any atom is -0.389 e. The highest BCUT2D eigenvalue weighted by atomic mass is 32.2. The van der Waals surface area contributed by atoms with Crippen LogP contribution in [0.2, 0.25) is 0 Å². The van der Waals surface area contributed by atoms with Crippen LogP contribution in [0.1, 0.15) is 31.7 Å². The zero-order chi connectivity index (χ0) is 14.9. The van der Waals surface area contributed by atoms with Crippen LogP contribution in [-0.2, 0) is 10.0 Å². The van der Waals surface area contributed by atoms with Gasteiger partial charge in [-0.05, 0) is 30.9 Å². The monoisotopic (exact) mass is 316 g/mol. The van der Waals surface area contributed by atoms with E-state index in [-0.39, 0.29) is 21.5 Å². The minimum absolute atomic E-state index is 0.0672. The number of benzene rings is 1. The topological polar surface area (TPSA) is 72.2 Å². The van der Waals surface area contributed by atoms with Crippen molar-refractivity contribution in [2.45, 2.75) is 37.1 Å². The molecule has 1 aliphatic rings. The van der Waals surface area contributed by atoms with Crippen molar-refractivity contribution in [2.75, 3.05) is 0 Å². The zero-order valence-electron chi connectivity index (χ0n) is 11.1. The summed E-state index contributed by atoms with van der Waals surface area (Å²) in [5, 5.41) is 0. The van der Waals surface area contributed by atoms with Crippen molar-refractivity contribution < 1.29 is 12.8 Å². The quantitative estimate of drug-likeness (QED) is 0.787. The molecular formula is C13H17FN2O2S2. The van der Waals surface area contributed by atoms with E-state index < -0.39 is 15.8 Å². The second-order valence-electron chi connectivity index (χ2n) is 4.99. The molecule has 2 atom stereocenters. The third kappa shape index (κ3) is 3.16. The fraction of sp³-hybridized carbons (Fsp3) is 0.462. The summed E-state index contributed by atoms with van der Waals surface area (Å²) in [4.78, 5) is -0.448. The number of hydrogen-bond acceptors (Lipinski definition) is 3. The molecule has 2 rings (SSSR count). The van der Waals surface area contributed by atoms with E-state index >= 15 is 0 Å². The van der Waals surface area contributed by atoms with Crippen molar-refractivity contribution in [3.63, 3.8) is 0 Å². The Bertz CT molecular complexity index is 631.